The molecule has 0 aliphatic rings. The Kier molecular flexibility index (Phi) is 3.88. The van der Waals surface area contributed by atoms with E-state index in [2.05, 4.69) is 25.6 Å². The molecule has 116 valence electrons. The topological polar surface area (TPSA) is 105 Å². The van der Waals surface area contributed by atoms with Crippen molar-refractivity contribution < 1.29 is 9.59 Å². The second-order valence-corrected chi connectivity index (χ2v) is 4.82. The Morgan fingerprint density at radius 2 is 2.09 bits per heavy atom. The lowest BCUT2D eigenvalue weighted by atomic mass is 10.2. The summed E-state index contributed by atoms with van der Waals surface area (Å²) in [6, 6.07) is 4.91. The van der Waals surface area contributed by atoms with Gasteiger partial charge in [0.1, 0.15) is 6.33 Å². The molecule has 3 N–H and O–H groups in total. The van der Waals surface area contributed by atoms with E-state index in [1.165, 1.54) is 23.3 Å². The number of nitrogens with one attached hydrogen (secondary N) is 3. The van der Waals surface area contributed by atoms with Gasteiger partial charge < -0.3 is 15.6 Å². The van der Waals surface area contributed by atoms with E-state index in [0.29, 0.717) is 11.4 Å². The van der Waals surface area contributed by atoms with Gasteiger partial charge in [0.2, 0.25) is 0 Å². The third kappa shape index (κ3) is 3.26. The summed E-state index contributed by atoms with van der Waals surface area (Å²) in [6.45, 7) is 1.86. The van der Waals surface area contributed by atoms with E-state index in [1.54, 1.807) is 30.6 Å². The molecule has 8 heteroatoms. The van der Waals surface area contributed by atoms with Crippen LogP contribution in [-0.4, -0.2) is 31.5 Å². The van der Waals surface area contributed by atoms with Gasteiger partial charge in [0.05, 0.1) is 0 Å². The molecule has 0 aliphatic heterocycles. The number of benzene rings is 1. The highest BCUT2D eigenvalue weighted by atomic mass is 16.2. The van der Waals surface area contributed by atoms with E-state index in [-0.39, 0.29) is 17.8 Å². The zero-order valence-electron chi connectivity index (χ0n) is 12.3. The number of carbonyl (C=O) groups is 2. The van der Waals surface area contributed by atoms with Crippen molar-refractivity contribution in [1.82, 2.24) is 19.5 Å². The van der Waals surface area contributed by atoms with E-state index < -0.39 is 0 Å². The van der Waals surface area contributed by atoms with Crippen LogP contribution in [0.4, 0.5) is 16.2 Å². The Bertz CT molecular complexity index is 824. The van der Waals surface area contributed by atoms with Gasteiger partial charge in [0.15, 0.2) is 5.82 Å². The second-order valence-electron chi connectivity index (χ2n) is 4.82. The minimum absolute atomic E-state index is 0.217. The molecule has 0 fully saturated rings. The van der Waals surface area contributed by atoms with Crippen LogP contribution in [0.15, 0.2) is 49.3 Å². The summed E-state index contributed by atoms with van der Waals surface area (Å²) in [5.41, 5.74) is 2.02. The Morgan fingerprint density at radius 1 is 1.22 bits per heavy atom. The van der Waals surface area contributed by atoms with E-state index in [4.69, 9.17) is 0 Å². The van der Waals surface area contributed by atoms with Crippen LogP contribution in [0.3, 0.4) is 0 Å². The quantitative estimate of drug-likeness (QED) is 0.690. The summed E-state index contributed by atoms with van der Waals surface area (Å²) in [4.78, 5) is 34.5. The SMILES string of the molecule is Cc1ccc(NC(=O)c2ncc[nH]2)cc1NC(=O)n1ccnc1. The maximum absolute atomic E-state index is 12.1. The molecular weight excluding hydrogens is 296 g/mol. The highest BCUT2D eigenvalue weighted by Gasteiger charge is 2.11. The standard InChI is InChI=1S/C15H14N6O2/c1-10-2-3-11(19-14(22)13-17-4-5-18-13)8-12(10)20-15(23)21-7-6-16-9-21/h2-9H,1H3,(H,17,18)(H,19,22)(H,20,23). The zero-order valence-corrected chi connectivity index (χ0v) is 12.3. The number of H-pyrrole nitrogens is 1. The molecule has 1 aromatic carbocycles. The van der Waals surface area contributed by atoms with Crippen molar-refractivity contribution in [2.24, 2.45) is 0 Å². The Morgan fingerprint density at radius 3 is 2.78 bits per heavy atom. The van der Waals surface area contributed by atoms with Crippen LogP contribution in [0.1, 0.15) is 16.2 Å². The van der Waals surface area contributed by atoms with Crippen molar-refractivity contribution in [2.75, 3.05) is 10.6 Å². The molecule has 0 spiro atoms. The fourth-order valence-electron chi connectivity index (χ4n) is 1.97. The smallest absolute Gasteiger partial charge is 0.331 e. The van der Waals surface area contributed by atoms with Crippen molar-refractivity contribution in [3.05, 3.63) is 60.7 Å². The third-order valence-corrected chi connectivity index (χ3v) is 3.19. The van der Waals surface area contributed by atoms with E-state index in [9.17, 15) is 9.59 Å². The normalized spacial score (nSPS) is 10.3. The van der Waals surface area contributed by atoms with Crippen molar-refractivity contribution in [2.45, 2.75) is 6.92 Å². The van der Waals surface area contributed by atoms with Crippen LogP contribution in [0, 0.1) is 6.92 Å². The summed E-state index contributed by atoms with van der Waals surface area (Å²) in [5, 5.41) is 5.49. The molecule has 3 rings (SSSR count). The first kappa shape index (κ1) is 14.5. The molecule has 3 aromatic rings. The third-order valence-electron chi connectivity index (χ3n) is 3.19. The Balaban J connectivity index is 1.76. The van der Waals surface area contributed by atoms with Gasteiger partial charge in [-0.15, -0.1) is 0 Å². The van der Waals surface area contributed by atoms with Crippen molar-refractivity contribution in [3.8, 4) is 0 Å². The lowest BCUT2D eigenvalue weighted by Gasteiger charge is -2.11. The molecule has 8 nitrogen and oxygen atoms in total. The van der Waals surface area contributed by atoms with Gasteiger partial charge >= 0.3 is 6.03 Å². The van der Waals surface area contributed by atoms with Gasteiger partial charge in [-0.05, 0) is 24.6 Å². The summed E-state index contributed by atoms with van der Waals surface area (Å²) in [6.07, 6.45) is 7.55. The van der Waals surface area contributed by atoms with Crippen LogP contribution >= 0.6 is 0 Å². The van der Waals surface area contributed by atoms with Crippen LogP contribution in [0.25, 0.3) is 0 Å². The molecule has 0 radical (unpaired) electrons. The monoisotopic (exact) mass is 310 g/mol. The highest BCUT2D eigenvalue weighted by molar-refractivity contribution is 6.02. The van der Waals surface area contributed by atoms with Crippen molar-refractivity contribution >= 4 is 23.3 Å². The summed E-state index contributed by atoms with van der Waals surface area (Å²) in [5.74, 6) is -0.139. The number of nitrogens with zero attached hydrogens (tertiary/aromatic N) is 3. The predicted molar refractivity (Wildman–Crippen MR) is 84.4 cm³/mol. The number of rotatable bonds is 3. The first-order valence-corrected chi connectivity index (χ1v) is 6.84. The summed E-state index contributed by atoms with van der Waals surface area (Å²) < 4.78 is 1.33. The van der Waals surface area contributed by atoms with Crippen molar-refractivity contribution in [1.29, 1.82) is 0 Å². The van der Waals surface area contributed by atoms with Crippen LogP contribution in [-0.2, 0) is 0 Å². The maximum atomic E-state index is 12.1. The first-order chi connectivity index (χ1) is 11.1. The number of amides is 2. The van der Waals surface area contributed by atoms with Crippen LogP contribution < -0.4 is 10.6 Å². The average molecular weight is 310 g/mol. The molecule has 2 heterocycles. The molecule has 0 bridgehead atoms. The van der Waals surface area contributed by atoms with Gasteiger partial charge in [-0.25, -0.2) is 14.8 Å². The second kappa shape index (κ2) is 6.14. The molecule has 0 saturated carbocycles. The van der Waals surface area contributed by atoms with Gasteiger partial charge in [-0.1, -0.05) is 6.07 Å². The first-order valence-electron chi connectivity index (χ1n) is 6.84. The number of anilines is 2. The minimum Gasteiger partial charge on any atom is -0.341 e. The molecule has 0 atom stereocenters. The predicted octanol–water partition coefficient (Wildman–Crippen LogP) is 2.25. The summed E-state index contributed by atoms with van der Waals surface area (Å²) >= 11 is 0. The fraction of sp³-hybridized carbons (Fsp3) is 0.0667. The fourth-order valence-corrected chi connectivity index (χ4v) is 1.97. The zero-order chi connectivity index (χ0) is 16.2. The van der Waals surface area contributed by atoms with Gasteiger partial charge in [0.25, 0.3) is 5.91 Å². The molecule has 0 aliphatic carbocycles. The Hall–Kier alpha value is -3.42. The largest absolute Gasteiger partial charge is 0.341 e. The van der Waals surface area contributed by atoms with Crippen LogP contribution in [0.5, 0.6) is 0 Å². The average Bonchev–Trinajstić information content (AvgIpc) is 3.23. The van der Waals surface area contributed by atoms with E-state index in [1.807, 2.05) is 6.92 Å². The molecule has 23 heavy (non-hydrogen) atoms. The van der Waals surface area contributed by atoms with Crippen molar-refractivity contribution in [3.63, 3.8) is 0 Å². The number of aromatic nitrogens is 4. The lowest BCUT2D eigenvalue weighted by molar-refractivity contribution is 0.101. The van der Waals surface area contributed by atoms with Gasteiger partial charge in [0, 0.05) is 36.2 Å². The van der Waals surface area contributed by atoms with E-state index >= 15 is 0 Å². The molecule has 0 unspecified atom stereocenters. The minimum atomic E-state index is -0.356. The van der Waals surface area contributed by atoms with Crippen LogP contribution in [0.2, 0.25) is 0 Å². The number of imidazole rings is 2. The number of carbonyl (C=O) groups excluding carboxylic acids is 2. The molecule has 2 amide bonds. The lowest BCUT2D eigenvalue weighted by Crippen LogP contribution is -2.19. The number of aryl methyl sites for hydroxylation is 1. The highest BCUT2D eigenvalue weighted by Crippen LogP contribution is 2.21. The van der Waals surface area contributed by atoms with Gasteiger partial charge in [-0.3, -0.25) is 9.36 Å². The maximum Gasteiger partial charge on any atom is 0.331 e. The number of hydrogen-bond donors (Lipinski definition) is 3. The number of hydrogen-bond acceptors (Lipinski definition) is 4. The number of aromatic amines is 1. The van der Waals surface area contributed by atoms with Gasteiger partial charge in [-0.2, -0.15) is 0 Å². The molecule has 0 saturated heterocycles. The Labute approximate surface area is 131 Å². The van der Waals surface area contributed by atoms with E-state index in [0.717, 1.165) is 5.56 Å². The molecular formula is C15H14N6O2. The molecule has 2 aromatic heterocycles. The summed E-state index contributed by atoms with van der Waals surface area (Å²) in [7, 11) is 0.